The van der Waals surface area contributed by atoms with Gasteiger partial charge in [0.15, 0.2) is 0 Å². The zero-order valence-electron chi connectivity index (χ0n) is 16.9. The van der Waals surface area contributed by atoms with Gasteiger partial charge in [0.2, 0.25) is 11.6 Å². The van der Waals surface area contributed by atoms with E-state index in [0.717, 1.165) is 31.2 Å². The third-order valence-electron chi connectivity index (χ3n) is 5.04. The van der Waals surface area contributed by atoms with Gasteiger partial charge in [-0.15, -0.1) is 11.3 Å². The third-order valence-corrected chi connectivity index (χ3v) is 7.28. The van der Waals surface area contributed by atoms with Gasteiger partial charge < -0.3 is 10.1 Å². The second kappa shape index (κ2) is 9.41. The van der Waals surface area contributed by atoms with Crippen LogP contribution in [0.15, 0.2) is 38.6 Å². The number of carbonyl (C=O) groups is 1. The minimum atomic E-state index is -0.501. The number of methoxy groups -OCH3 is 1. The highest BCUT2D eigenvalue weighted by atomic mass is 32.2. The van der Waals surface area contributed by atoms with Crippen LogP contribution in [0.25, 0.3) is 5.69 Å². The van der Waals surface area contributed by atoms with Crippen LogP contribution in [-0.4, -0.2) is 24.0 Å². The quantitative estimate of drug-likeness (QED) is 0.416. The molecule has 160 valence electrons. The molecule has 0 radical (unpaired) electrons. The maximum atomic E-state index is 12.5. The average Bonchev–Trinajstić information content (AvgIpc) is 3.33. The molecule has 0 saturated carbocycles. The van der Waals surface area contributed by atoms with Crippen molar-refractivity contribution in [2.45, 2.75) is 37.1 Å². The van der Waals surface area contributed by atoms with Crippen LogP contribution < -0.4 is 20.4 Å². The van der Waals surface area contributed by atoms with Gasteiger partial charge in [-0.05, 0) is 65.1 Å². The zero-order chi connectivity index (χ0) is 21.8. The van der Waals surface area contributed by atoms with Crippen LogP contribution in [0, 0.1) is 11.3 Å². The maximum Gasteiger partial charge on any atom is 0.442 e. The largest absolute Gasteiger partial charge is 0.497 e. The molecule has 4 rings (SSSR count). The fraction of sp³-hybridized carbons (Fsp3) is 0.333. The summed E-state index contributed by atoms with van der Waals surface area (Å²) in [4.78, 5) is 25.8. The topological polar surface area (TPSA) is 112 Å². The standard InChI is InChI=1S/C21H20N4O4S2/c1-28-14-8-6-13(7-9-14)25-20(21(27)29-24-25)30-11-10-18(26)23-19-16(12-22)15-4-2-3-5-17(15)31-19/h6-9H,2-5,10-11H2,1H3,(H-,23,24,26,27)/p+1. The number of benzene rings is 1. The van der Waals surface area contributed by atoms with E-state index in [-0.39, 0.29) is 12.3 Å². The average molecular weight is 458 g/mol. The predicted octanol–water partition coefficient (Wildman–Crippen LogP) is 3.19. The molecule has 1 amide bonds. The molecule has 0 fully saturated rings. The van der Waals surface area contributed by atoms with Crippen molar-refractivity contribution in [1.29, 1.82) is 5.26 Å². The predicted molar refractivity (Wildman–Crippen MR) is 117 cm³/mol. The maximum absolute atomic E-state index is 12.5. The monoisotopic (exact) mass is 457 g/mol. The molecule has 31 heavy (non-hydrogen) atoms. The van der Waals surface area contributed by atoms with Crippen LogP contribution in [-0.2, 0) is 17.6 Å². The van der Waals surface area contributed by atoms with E-state index in [4.69, 9.17) is 9.26 Å². The number of amides is 1. The van der Waals surface area contributed by atoms with E-state index in [1.165, 1.54) is 32.7 Å². The second-order valence-corrected chi connectivity index (χ2v) is 9.18. The SMILES string of the molecule is COc1ccc(-[n+]2[nH]oc(=O)c2SCCC(=O)Nc2sc3c(c2C#N)CCCC3)cc1. The number of thioether (sulfide) groups is 1. The summed E-state index contributed by atoms with van der Waals surface area (Å²) in [6, 6.07) is 9.40. The molecule has 0 saturated heterocycles. The summed E-state index contributed by atoms with van der Waals surface area (Å²) < 4.78 is 11.6. The van der Waals surface area contributed by atoms with E-state index in [2.05, 4.69) is 16.7 Å². The Labute approximate surface area is 186 Å². The molecule has 0 aliphatic heterocycles. The van der Waals surface area contributed by atoms with E-state index in [9.17, 15) is 14.9 Å². The van der Waals surface area contributed by atoms with Crippen LogP contribution in [0.3, 0.4) is 0 Å². The Morgan fingerprint density at radius 3 is 2.87 bits per heavy atom. The summed E-state index contributed by atoms with van der Waals surface area (Å²) in [7, 11) is 1.58. The Bertz CT molecular complexity index is 1190. The van der Waals surface area contributed by atoms with Gasteiger partial charge in [0.1, 0.15) is 16.8 Å². The van der Waals surface area contributed by atoms with E-state index < -0.39 is 5.63 Å². The summed E-state index contributed by atoms with van der Waals surface area (Å²) in [5.41, 5.74) is 1.90. The number of anilines is 1. The molecule has 1 aromatic carbocycles. The number of aromatic nitrogens is 2. The van der Waals surface area contributed by atoms with Crippen LogP contribution >= 0.6 is 23.1 Å². The molecular weight excluding hydrogens is 436 g/mol. The molecule has 2 N–H and O–H groups in total. The van der Waals surface area contributed by atoms with Gasteiger partial charge in [-0.2, -0.15) is 5.26 Å². The Kier molecular flexibility index (Phi) is 6.44. The van der Waals surface area contributed by atoms with Crippen molar-refractivity contribution < 1.29 is 18.7 Å². The summed E-state index contributed by atoms with van der Waals surface area (Å²) in [6.45, 7) is 0. The van der Waals surface area contributed by atoms with Gasteiger partial charge in [0.25, 0.3) is 0 Å². The van der Waals surface area contributed by atoms with Crippen LogP contribution in [0.5, 0.6) is 5.75 Å². The molecule has 1 aliphatic carbocycles. The number of hydrogen-bond acceptors (Lipinski definition) is 7. The number of nitrogens with one attached hydrogen (secondary N) is 2. The lowest BCUT2D eigenvalue weighted by molar-refractivity contribution is -0.704. The van der Waals surface area contributed by atoms with Gasteiger partial charge in [-0.3, -0.25) is 9.32 Å². The van der Waals surface area contributed by atoms with Crippen molar-refractivity contribution in [2.24, 2.45) is 0 Å². The minimum absolute atomic E-state index is 0.182. The lowest BCUT2D eigenvalue weighted by Crippen LogP contribution is -2.36. The molecule has 0 spiro atoms. The van der Waals surface area contributed by atoms with Crippen LogP contribution in [0.2, 0.25) is 0 Å². The van der Waals surface area contributed by atoms with Gasteiger partial charge >= 0.3 is 10.7 Å². The van der Waals surface area contributed by atoms with Gasteiger partial charge in [-0.25, -0.2) is 4.79 Å². The molecule has 0 bridgehead atoms. The lowest BCUT2D eigenvalue weighted by Gasteiger charge is -2.09. The molecular formula is C21H21N4O4S2+. The number of ether oxygens (including phenoxy) is 1. The highest BCUT2D eigenvalue weighted by Crippen LogP contribution is 2.37. The molecule has 2 heterocycles. The van der Waals surface area contributed by atoms with Crippen molar-refractivity contribution in [3.8, 4) is 17.5 Å². The number of fused-ring (bicyclic) bond motifs is 1. The van der Waals surface area contributed by atoms with E-state index in [1.807, 2.05) is 0 Å². The van der Waals surface area contributed by atoms with Gasteiger partial charge in [0, 0.05) is 29.2 Å². The number of thiophene rings is 1. The highest BCUT2D eigenvalue weighted by Gasteiger charge is 2.25. The Balaban J connectivity index is 1.40. The molecule has 10 heteroatoms. The number of nitrogens with zero attached hydrogens (tertiary/aromatic N) is 2. The number of rotatable bonds is 7. The molecule has 1 aliphatic rings. The normalized spacial score (nSPS) is 12.8. The van der Waals surface area contributed by atoms with E-state index >= 15 is 0 Å². The van der Waals surface area contributed by atoms with Crippen molar-refractivity contribution >= 4 is 34.0 Å². The Hall–Kier alpha value is -3.03. The smallest absolute Gasteiger partial charge is 0.442 e. The summed E-state index contributed by atoms with van der Waals surface area (Å²) in [6.07, 6.45) is 4.27. The van der Waals surface area contributed by atoms with Crippen molar-refractivity contribution in [1.82, 2.24) is 5.27 Å². The first kappa shape index (κ1) is 21.2. The number of aromatic amines is 1. The first-order chi connectivity index (χ1) is 15.1. The van der Waals surface area contributed by atoms with E-state index in [1.54, 1.807) is 31.4 Å². The summed E-state index contributed by atoms with van der Waals surface area (Å²) >= 11 is 2.74. The fourth-order valence-corrected chi connectivity index (χ4v) is 5.66. The number of H-pyrrole nitrogens is 1. The first-order valence-electron chi connectivity index (χ1n) is 9.86. The Morgan fingerprint density at radius 2 is 2.13 bits per heavy atom. The number of aryl methyl sites for hydroxylation is 1. The summed E-state index contributed by atoms with van der Waals surface area (Å²) in [5, 5.41) is 16.0. The van der Waals surface area contributed by atoms with Gasteiger partial charge in [0.05, 0.1) is 12.7 Å². The molecule has 3 aromatic rings. The second-order valence-electron chi connectivity index (χ2n) is 6.99. The lowest BCUT2D eigenvalue weighted by atomic mass is 9.96. The molecule has 2 aromatic heterocycles. The minimum Gasteiger partial charge on any atom is -0.497 e. The van der Waals surface area contributed by atoms with Crippen molar-refractivity contribution in [3.05, 3.63) is 50.7 Å². The number of carbonyl (C=O) groups excluding carboxylic acids is 1. The fourth-order valence-electron chi connectivity index (χ4n) is 3.49. The zero-order valence-corrected chi connectivity index (χ0v) is 18.5. The number of nitriles is 1. The van der Waals surface area contributed by atoms with E-state index in [0.29, 0.717) is 32.8 Å². The Morgan fingerprint density at radius 1 is 1.35 bits per heavy atom. The van der Waals surface area contributed by atoms with Crippen molar-refractivity contribution in [2.75, 3.05) is 18.2 Å². The number of hydrogen-bond donors (Lipinski definition) is 2. The summed E-state index contributed by atoms with van der Waals surface area (Å²) in [5.74, 6) is 0.906. The van der Waals surface area contributed by atoms with Crippen molar-refractivity contribution in [3.63, 3.8) is 0 Å². The van der Waals surface area contributed by atoms with Crippen LogP contribution in [0.1, 0.15) is 35.3 Å². The molecule has 0 unspecified atom stereocenters. The highest BCUT2D eigenvalue weighted by molar-refractivity contribution is 7.99. The molecule has 8 nitrogen and oxygen atoms in total. The van der Waals surface area contributed by atoms with Gasteiger partial charge in [-0.1, -0.05) is 0 Å². The van der Waals surface area contributed by atoms with Crippen LogP contribution in [0.4, 0.5) is 5.00 Å². The first-order valence-corrected chi connectivity index (χ1v) is 11.7. The third kappa shape index (κ3) is 4.52. The molecule has 0 atom stereocenters.